The maximum absolute atomic E-state index is 12.3. The first-order valence-corrected chi connectivity index (χ1v) is 10.4. The van der Waals surface area contributed by atoms with Crippen molar-refractivity contribution in [3.63, 3.8) is 0 Å². The van der Waals surface area contributed by atoms with E-state index >= 15 is 0 Å². The molecule has 4 aromatic rings. The lowest BCUT2D eigenvalue weighted by atomic mass is 10.2. The van der Waals surface area contributed by atoms with Gasteiger partial charge in [0.05, 0.1) is 10.7 Å². The average Bonchev–Trinajstić information content (AvgIpc) is 3.01. The van der Waals surface area contributed by atoms with Crippen LogP contribution in [0.2, 0.25) is 10.0 Å². The third-order valence-corrected chi connectivity index (χ3v) is 5.86. The lowest BCUT2D eigenvalue weighted by Crippen LogP contribution is -2.15. The zero-order chi connectivity index (χ0) is 19.8. The average molecular weight is 498 g/mol. The van der Waals surface area contributed by atoms with Crippen LogP contribution >= 0.6 is 50.9 Å². The number of benzene rings is 1. The number of pyridine rings is 1. The van der Waals surface area contributed by atoms with Crippen molar-refractivity contribution in [2.75, 3.05) is 5.84 Å². The van der Waals surface area contributed by atoms with Crippen molar-refractivity contribution in [2.45, 2.75) is 10.9 Å². The Morgan fingerprint density at radius 1 is 1.14 bits per heavy atom. The Bertz CT molecular complexity index is 1260. The van der Waals surface area contributed by atoms with E-state index in [9.17, 15) is 4.79 Å². The van der Waals surface area contributed by atoms with Crippen LogP contribution in [0.3, 0.4) is 0 Å². The molecule has 3 aromatic heterocycles. The molecule has 0 radical (unpaired) electrons. The van der Waals surface area contributed by atoms with E-state index < -0.39 is 0 Å². The molecule has 142 valence electrons. The van der Waals surface area contributed by atoms with Crippen LogP contribution in [-0.4, -0.2) is 24.3 Å². The normalized spacial score (nSPS) is 11.2. The number of nitrogen functional groups attached to an aromatic ring is 1. The summed E-state index contributed by atoms with van der Waals surface area (Å²) in [5.74, 6) is 6.96. The zero-order valence-electron chi connectivity index (χ0n) is 14.0. The van der Waals surface area contributed by atoms with Gasteiger partial charge >= 0.3 is 0 Å². The van der Waals surface area contributed by atoms with Crippen LogP contribution < -0.4 is 11.4 Å². The first-order valence-electron chi connectivity index (χ1n) is 7.89. The van der Waals surface area contributed by atoms with Crippen LogP contribution in [0.5, 0.6) is 0 Å². The third-order valence-electron chi connectivity index (χ3n) is 3.86. The molecule has 0 aliphatic carbocycles. The van der Waals surface area contributed by atoms with E-state index in [1.807, 2.05) is 6.07 Å². The zero-order valence-corrected chi connectivity index (χ0v) is 17.9. The van der Waals surface area contributed by atoms with Gasteiger partial charge in [0, 0.05) is 33.1 Å². The standard InChI is InChI=1S/C17H11BrCl2N6OS/c18-9-1-4-14-22-11(6-15(27)25(14)7-9)8-28-17-24-23-16(26(17)21)12-3-2-10(19)5-13(12)20/h1-7H,8,21H2. The van der Waals surface area contributed by atoms with Crippen molar-refractivity contribution in [3.8, 4) is 11.4 Å². The largest absolute Gasteiger partial charge is 0.335 e. The van der Waals surface area contributed by atoms with E-state index in [1.165, 1.54) is 26.9 Å². The second kappa shape index (κ2) is 7.75. The maximum Gasteiger partial charge on any atom is 0.258 e. The number of hydrogen-bond acceptors (Lipinski definition) is 6. The lowest BCUT2D eigenvalue weighted by Gasteiger charge is -2.06. The molecule has 0 amide bonds. The van der Waals surface area contributed by atoms with Crippen molar-refractivity contribution in [1.82, 2.24) is 24.3 Å². The van der Waals surface area contributed by atoms with Gasteiger partial charge in [-0.05, 0) is 46.3 Å². The highest BCUT2D eigenvalue weighted by atomic mass is 79.9. The number of halogens is 3. The Morgan fingerprint density at radius 3 is 2.75 bits per heavy atom. The highest BCUT2D eigenvalue weighted by Crippen LogP contribution is 2.30. The van der Waals surface area contributed by atoms with Gasteiger partial charge in [0.1, 0.15) is 5.65 Å². The molecule has 0 aliphatic heterocycles. The van der Waals surface area contributed by atoms with Gasteiger partial charge in [-0.2, -0.15) is 0 Å². The molecule has 0 atom stereocenters. The molecule has 3 heterocycles. The number of hydrogen-bond donors (Lipinski definition) is 1. The highest BCUT2D eigenvalue weighted by Gasteiger charge is 2.15. The molecule has 4 rings (SSSR count). The van der Waals surface area contributed by atoms with Gasteiger partial charge in [-0.15, -0.1) is 10.2 Å². The summed E-state index contributed by atoms with van der Waals surface area (Å²) in [5, 5.41) is 9.64. The van der Waals surface area contributed by atoms with Gasteiger partial charge in [-0.25, -0.2) is 9.66 Å². The molecule has 0 fully saturated rings. The van der Waals surface area contributed by atoms with Crippen molar-refractivity contribution >= 4 is 56.5 Å². The predicted molar refractivity (Wildman–Crippen MR) is 114 cm³/mol. The van der Waals surface area contributed by atoms with Crippen molar-refractivity contribution in [1.29, 1.82) is 0 Å². The van der Waals surface area contributed by atoms with Gasteiger partial charge in [0.15, 0.2) is 5.82 Å². The molecule has 1 aromatic carbocycles. The predicted octanol–water partition coefficient (Wildman–Crippen LogP) is 4.03. The lowest BCUT2D eigenvalue weighted by molar-refractivity contribution is 0.848. The second-order valence-electron chi connectivity index (χ2n) is 5.75. The topological polar surface area (TPSA) is 91.1 Å². The summed E-state index contributed by atoms with van der Waals surface area (Å²) in [5.41, 5.74) is 1.64. The summed E-state index contributed by atoms with van der Waals surface area (Å²) in [4.78, 5) is 16.8. The Balaban J connectivity index is 1.59. The van der Waals surface area contributed by atoms with E-state index in [-0.39, 0.29) is 5.56 Å². The summed E-state index contributed by atoms with van der Waals surface area (Å²) in [7, 11) is 0. The number of rotatable bonds is 4. The molecule has 28 heavy (non-hydrogen) atoms. The molecule has 0 saturated heterocycles. The Hall–Kier alpha value is -2.07. The molecule has 0 aliphatic rings. The fourth-order valence-corrected chi connectivity index (χ4v) is 4.15. The maximum atomic E-state index is 12.3. The third kappa shape index (κ3) is 3.75. The molecule has 0 bridgehead atoms. The number of nitrogens with zero attached hydrogens (tertiary/aromatic N) is 5. The Kier molecular flexibility index (Phi) is 5.33. The van der Waals surface area contributed by atoms with Gasteiger partial charge in [-0.3, -0.25) is 9.20 Å². The van der Waals surface area contributed by atoms with Crippen molar-refractivity contribution < 1.29 is 0 Å². The first-order chi connectivity index (χ1) is 13.4. The van der Waals surface area contributed by atoms with Crippen LogP contribution in [-0.2, 0) is 5.75 Å². The minimum Gasteiger partial charge on any atom is -0.335 e. The summed E-state index contributed by atoms with van der Waals surface area (Å²) in [6.07, 6.45) is 1.68. The number of nitrogens with two attached hydrogens (primary N) is 1. The van der Waals surface area contributed by atoms with Crippen LogP contribution in [0, 0.1) is 0 Å². The van der Waals surface area contributed by atoms with Crippen LogP contribution in [0.1, 0.15) is 5.69 Å². The summed E-state index contributed by atoms with van der Waals surface area (Å²) >= 11 is 16.8. The SMILES string of the molecule is Nn1c(SCc2cc(=O)n3cc(Br)ccc3n2)nnc1-c1ccc(Cl)cc1Cl. The van der Waals surface area contributed by atoms with Gasteiger partial charge in [-0.1, -0.05) is 35.0 Å². The fourth-order valence-electron chi connectivity index (χ4n) is 2.57. The van der Waals surface area contributed by atoms with Crippen molar-refractivity contribution in [3.05, 3.63) is 73.2 Å². The van der Waals surface area contributed by atoms with E-state index in [0.717, 1.165) is 4.47 Å². The highest BCUT2D eigenvalue weighted by molar-refractivity contribution is 9.10. The second-order valence-corrected chi connectivity index (χ2v) is 8.45. The van der Waals surface area contributed by atoms with Crippen molar-refractivity contribution in [2.24, 2.45) is 0 Å². The van der Waals surface area contributed by atoms with E-state index in [0.29, 0.717) is 43.7 Å². The molecule has 11 heteroatoms. The van der Waals surface area contributed by atoms with Crippen LogP contribution in [0.25, 0.3) is 17.0 Å². The van der Waals surface area contributed by atoms with E-state index in [2.05, 4.69) is 31.1 Å². The number of fused-ring (bicyclic) bond motifs is 1. The Labute approximate surface area is 181 Å². The first kappa shape index (κ1) is 19.3. The molecular formula is C17H11BrCl2N6OS. The van der Waals surface area contributed by atoms with Crippen LogP contribution in [0.4, 0.5) is 0 Å². The molecule has 0 spiro atoms. The number of aromatic nitrogens is 5. The van der Waals surface area contributed by atoms with Gasteiger partial charge in [0.25, 0.3) is 5.56 Å². The minimum atomic E-state index is -0.162. The molecule has 2 N–H and O–H groups in total. The monoisotopic (exact) mass is 496 g/mol. The summed E-state index contributed by atoms with van der Waals surface area (Å²) < 4.78 is 3.63. The van der Waals surface area contributed by atoms with Gasteiger partial charge in [0.2, 0.25) is 5.16 Å². The van der Waals surface area contributed by atoms with Gasteiger partial charge < -0.3 is 5.84 Å². The Morgan fingerprint density at radius 2 is 1.96 bits per heavy atom. The smallest absolute Gasteiger partial charge is 0.258 e. The summed E-state index contributed by atoms with van der Waals surface area (Å²) in [6, 6.07) is 10.1. The molecule has 7 nitrogen and oxygen atoms in total. The molecular weight excluding hydrogens is 487 g/mol. The van der Waals surface area contributed by atoms with E-state index in [1.54, 1.807) is 30.5 Å². The number of thioether (sulfide) groups is 1. The minimum absolute atomic E-state index is 0.162. The fraction of sp³-hybridized carbons (Fsp3) is 0.0588. The van der Waals surface area contributed by atoms with E-state index in [4.69, 9.17) is 29.0 Å². The summed E-state index contributed by atoms with van der Waals surface area (Å²) in [6.45, 7) is 0. The van der Waals surface area contributed by atoms with Crippen LogP contribution in [0.15, 0.2) is 57.0 Å². The molecule has 0 unspecified atom stereocenters. The quantitative estimate of drug-likeness (QED) is 0.338. The molecule has 0 saturated carbocycles.